The molecule has 3 aliphatic carbocycles. The van der Waals surface area contributed by atoms with Gasteiger partial charge in [-0.2, -0.15) is 0 Å². The van der Waals surface area contributed by atoms with Crippen LogP contribution in [0.1, 0.15) is 53.7 Å². The van der Waals surface area contributed by atoms with Gasteiger partial charge in [-0.05, 0) is 46.2 Å². The van der Waals surface area contributed by atoms with Crippen molar-refractivity contribution in [2.45, 2.75) is 63.9 Å². The fourth-order valence-corrected chi connectivity index (χ4v) is 6.81. The predicted octanol–water partition coefficient (Wildman–Crippen LogP) is 1.37. The number of amides is 1. The maximum Gasteiger partial charge on any atom is 0.255 e. The highest BCUT2D eigenvalue weighted by Gasteiger charge is 2.63. The fourth-order valence-electron chi connectivity index (χ4n) is 6.81. The Bertz CT molecular complexity index is 1370. The average Bonchev–Trinajstić information content (AvgIpc) is 3.30. The van der Waals surface area contributed by atoms with Crippen LogP contribution in [0.25, 0.3) is 0 Å². The second kappa shape index (κ2) is 8.62. The molecule has 1 aromatic carbocycles. The smallest absolute Gasteiger partial charge is 0.255 e. The number of aliphatic hydroxyl groups is 3. The first-order valence-electron chi connectivity index (χ1n) is 12.7. The average molecular weight is 530 g/mol. The van der Waals surface area contributed by atoms with E-state index in [1.807, 2.05) is 18.7 Å². The molecule has 5 atom stereocenters. The van der Waals surface area contributed by atoms with Gasteiger partial charge in [-0.25, -0.2) is 4.39 Å². The third kappa shape index (κ3) is 3.25. The Morgan fingerprint density at radius 2 is 1.82 bits per heavy atom. The van der Waals surface area contributed by atoms with Crippen molar-refractivity contribution in [3.63, 3.8) is 0 Å². The summed E-state index contributed by atoms with van der Waals surface area (Å²) in [6.45, 7) is 4.54. The van der Waals surface area contributed by atoms with E-state index in [4.69, 9.17) is 5.73 Å². The molecule has 0 unspecified atom stereocenters. The van der Waals surface area contributed by atoms with E-state index < -0.39 is 63.9 Å². The Kier molecular flexibility index (Phi) is 5.97. The topological polar surface area (TPSA) is 165 Å². The minimum absolute atomic E-state index is 0.0327. The zero-order chi connectivity index (χ0) is 28.0. The summed E-state index contributed by atoms with van der Waals surface area (Å²) in [6.07, 6.45) is 0.666. The van der Waals surface area contributed by atoms with Crippen molar-refractivity contribution in [1.29, 1.82) is 0 Å². The van der Waals surface area contributed by atoms with Gasteiger partial charge in [0.15, 0.2) is 11.4 Å². The number of phenols is 1. The third-order valence-corrected chi connectivity index (χ3v) is 8.97. The van der Waals surface area contributed by atoms with E-state index >= 15 is 4.39 Å². The van der Waals surface area contributed by atoms with Gasteiger partial charge in [0.1, 0.15) is 28.7 Å². The van der Waals surface area contributed by atoms with E-state index in [0.29, 0.717) is 11.1 Å². The first kappa shape index (κ1) is 26.3. The maximum atomic E-state index is 15.9. The molecule has 1 aromatic rings. The lowest BCUT2D eigenvalue weighted by atomic mass is 9.58. The highest BCUT2D eigenvalue weighted by atomic mass is 19.1. The molecule has 204 valence electrons. The maximum absolute atomic E-state index is 15.9. The van der Waals surface area contributed by atoms with E-state index in [1.165, 1.54) is 4.90 Å². The molecule has 1 amide bonds. The van der Waals surface area contributed by atoms with Gasteiger partial charge in [-0.1, -0.05) is 6.92 Å². The summed E-state index contributed by atoms with van der Waals surface area (Å²) < 4.78 is 15.9. The zero-order valence-electron chi connectivity index (χ0n) is 21.7. The Labute approximate surface area is 218 Å². The Hall–Kier alpha value is -3.28. The lowest BCUT2D eigenvalue weighted by molar-refractivity contribution is -0.148. The number of primary amides is 1. The van der Waals surface area contributed by atoms with Crippen LogP contribution in [-0.4, -0.2) is 79.5 Å². The van der Waals surface area contributed by atoms with Gasteiger partial charge in [-0.15, -0.1) is 0 Å². The van der Waals surface area contributed by atoms with Crippen LogP contribution in [0, 0.1) is 17.7 Å². The van der Waals surface area contributed by atoms with E-state index in [2.05, 4.69) is 0 Å². The highest BCUT2D eigenvalue weighted by Crippen LogP contribution is 2.53. The first-order valence-corrected chi connectivity index (χ1v) is 12.7. The molecule has 6 N–H and O–H groups in total. The molecule has 5 rings (SSSR count). The van der Waals surface area contributed by atoms with Crippen molar-refractivity contribution in [3.05, 3.63) is 50.7 Å². The Morgan fingerprint density at radius 3 is 2.39 bits per heavy atom. The largest absolute Gasteiger partial charge is 0.510 e. The normalized spacial score (nSPS) is 29.8. The third-order valence-electron chi connectivity index (χ3n) is 8.97. The fraction of sp³-hybridized carbons (Fsp3) is 0.519. The molecule has 4 aliphatic rings. The van der Waals surface area contributed by atoms with Crippen LogP contribution in [0.4, 0.5) is 4.39 Å². The number of halogens is 1. The molecular formula is C27H32FN3O7. The van der Waals surface area contributed by atoms with Crippen LogP contribution in [0.3, 0.4) is 0 Å². The van der Waals surface area contributed by atoms with E-state index in [9.17, 15) is 34.8 Å². The van der Waals surface area contributed by atoms with Gasteiger partial charge in [0, 0.05) is 47.3 Å². The van der Waals surface area contributed by atoms with Crippen molar-refractivity contribution in [1.82, 2.24) is 9.80 Å². The summed E-state index contributed by atoms with van der Waals surface area (Å²) in [7, 11) is 3.11. The molecule has 0 saturated heterocycles. The molecule has 0 bridgehead atoms. The van der Waals surface area contributed by atoms with Crippen LogP contribution in [0.5, 0.6) is 5.75 Å². The van der Waals surface area contributed by atoms with Crippen LogP contribution in [0.2, 0.25) is 0 Å². The van der Waals surface area contributed by atoms with Gasteiger partial charge in [0.05, 0.1) is 11.6 Å². The predicted molar refractivity (Wildman–Crippen MR) is 133 cm³/mol. The summed E-state index contributed by atoms with van der Waals surface area (Å²) in [4.78, 5) is 42.7. The second-order valence-electron chi connectivity index (χ2n) is 11.1. The number of allylic oxidation sites excluding steroid dienone is 1. The van der Waals surface area contributed by atoms with Crippen molar-refractivity contribution < 1.29 is 39.2 Å². The van der Waals surface area contributed by atoms with Gasteiger partial charge in [0.25, 0.3) is 5.91 Å². The number of fused-ring (bicyclic) bond motifs is 4. The zero-order valence-corrected chi connectivity index (χ0v) is 21.7. The van der Waals surface area contributed by atoms with Gasteiger partial charge in [-0.3, -0.25) is 24.2 Å². The molecule has 1 heterocycles. The summed E-state index contributed by atoms with van der Waals surface area (Å²) in [6, 6.07) is -0.975. The molecule has 38 heavy (non-hydrogen) atoms. The quantitative estimate of drug-likeness (QED) is 0.362. The standard InChI is InChI=1S/C27H32FN3O7/c1-5-10(2)31-8-13-14(9-31)21(32)17-12(19(13)28)6-11-7-15-20(30(3)4)23(34)18(26(29)37)25(36)27(15,38)24(35)16(11)22(17)33/h10-11,15,20,32,34-35,38H,5-9H2,1-4H3,(H2,29,37)/t10-,11+,15+,20+,27+/m1/s1. The number of aromatic hydroxyl groups is 1. The van der Waals surface area contributed by atoms with Crippen LogP contribution >= 0.6 is 0 Å². The van der Waals surface area contributed by atoms with Crippen LogP contribution in [-0.2, 0) is 29.1 Å². The SMILES string of the molecule is CC[C@@H](C)N1Cc2c(O)c3c(c(F)c2C1)C[C@H]1C[C@H]2[C@H](N(C)C)C(O)=C(C(N)=O)C(=O)[C@@]2(O)C(O)=C1C3=O. The lowest BCUT2D eigenvalue weighted by Gasteiger charge is -2.50. The Balaban J connectivity index is 1.68. The molecule has 0 fully saturated rings. The number of nitrogens with zero attached hydrogens (tertiary/aromatic N) is 2. The number of ketones is 2. The number of phenolic OH excluding ortho intramolecular Hbond substituents is 1. The summed E-state index contributed by atoms with van der Waals surface area (Å²) in [5.74, 6) is -7.97. The molecule has 1 aliphatic heterocycles. The molecule has 0 spiro atoms. The van der Waals surface area contributed by atoms with E-state index in [0.717, 1.165) is 6.42 Å². The van der Waals surface area contributed by atoms with Crippen molar-refractivity contribution in [2.24, 2.45) is 17.6 Å². The number of benzene rings is 1. The van der Waals surface area contributed by atoms with Crippen molar-refractivity contribution in [2.75, 3.05) is 14.1 Å². The number of Topliss-reactive ketones (excluding diaryl/α,β-unsaturated/α-hetero) is 2. The monoisotopic (exact) mass is 529 g/mol. The number of aliphatic hydroxyl groups excluding tert-OH is 2. The van der Waals surface area contributed by atoms with Crippen molar-refractivity contribution in [3.8, 4) is 5.75 Å². The van der Waals surface area contributed by atoms with Gasteiger partial charge >= 0.3 is 0 Å². The minimum Gasteiger partial charge on any atom is -0.510 e. The van der Waals surface area contributed by atoms with Crippen LogP contribution in [0.15, 0.2) is 22.7 Å². The summed E-state index contributed by atoms with van der Waals surface area (Å²) in [5, 5.41) is 45.0. The van der Waals surface area contributed by atoms with Gasteiger partial charge in [0.2, 0.25) is 5.78 Å². The summed E-state index contributed by atoms with van der Waals surface area (Å²) in [5.41, 5.74) is 1.86. The number of likely N-dealkylation sites (N-methyl/N-ethyl adjacent to an activating group) is 1. The number of nitrogens with two attached hydrogens (primary N) is 1. The number of hydrogen-bond acceptors (Lipinski definition) is 9. The molecule has 0 aromatic heterocycles. The van der Waals surface area contributed by atoms with Crippen molar-refractivity contribution >= 4 is 17.5 Å². The molecule has 0 radical (unpaired) electrons. The number of carbonyl (C=O) groups excluding carboxylic acids is 3. The minimum atomic E-state index is -2.72. The summed E-state index contributed by atoms with van der Waals surface area (Å²) >= 11 is 0. The lowest BCUT2D eigenvalue weighted by Crippen LogP contribution is -2.63. The first-order chi connectivity index (χ1) is 17.8. The molecule has 10 nitrogen and oxygen atoms in total. The van der Waals surface area contributed by atoms with Crippen LogP contribution < -0.4 is 5.73 Å². The Morgan fingerprint density at radius 1 is 1.18 bits per heavy atom. The number of carbonyl (C=O) groups is 3. The van der Waals surface area contributed by atoms with E-state index in [-0.39, 0.29) is 54.4 Å². The number of rotatable bonds is 4. The second-order valence-corrected chi connectivity index (χ2v) is 11.1. The van der Waals surface area contributed by atoms with E-state index in [1.54, 1.807) is 14.1 Å². The van der Waals surface area contributed by atoms with Gasteiger partial charge < -0.3 is 26.2 Å². The highest BCUT2D eigenvalue weighted by molar-refractivity contribution is 6.24. The molecular weight excluding hydrogens is 497 g/mol. The molecule has 11 heteroatoms. The number of hydrogen-bond donors (Lipinski definition) is 5. The molecule has 0 saturated carbocycles.